The van der Waals surface area contributed by atoms with Crippen LogP contribution in [-0.2, 0) is 4.74 Å². The number of thioether (sulfide) groups is 1. The molecule has 1 rings (SSSR count). The van der Waals surface area contributed by atoms with Gasteiger partial charge < -0.3 is 9.84 Å². The van der Waals surface area contributed by atoms with Crippen molar-refractivity contribution >= 4 is 23.1 Å². The highest BCUT2D eigenvalue weighted by Gasteiger charge is 1.95. The summed E-state index contributed by atoms with van der Waals surface area (Å²) >= 11 is 3.31. The van der Waals surface area contributed by atoms with E-state index < -0.39 is 0 Å². The second-order valence-electron chi connectivity index (χ2n) is 1.98. The van der Waals surface area contributed by atoms with Gasteiger partial charge in [0.05, 0.1) is 19.8 Å². The molecule has 0 saturated carbocycles. The molecule has 0 spiro atoms. The lowest BCUT2D eigenvalue weighted by molar-refractivity contribution is 0.103. The maximum Gasteiger partial charge on any atom is 0.149 e. The van der Waals surface area contributed by atoms with Crippen LogP contribution >= 0.6 is 23.1 Å². The Bertz CT molecular complexity index is 191. The molecule has 3 nitrogen and oxygen atoms in total. The summed E-state index contributed by atoms with van der Waals surface area (Å²) in [6.45, 7) is 1.20. The Kier molecular flexibility index (Phi) is 5.34. The quantitative estimate of drug-likeness (QED) is 0.560. The first-order valence-corrected chi connectivity index (χ1v) is 5.51. The second kappa shape index (κ2) is 6.42. The molecule has 12 heavy (non-hydrogen) atoms. The smallest absolute Gasteiger partial charge is 0.149 e. The number of thiazole rings is 1. The van der Waals surface area contributed by atoms with Crippen molar-refractivity contribution in [3.05, 3.63) is 11.6 Å². The van der Waals surface area contributed by atoms with Gasteiger partial charge in [-0.1, -0.05) is 11.8 Å². The van der Waals surface area contributed by atoms with E-state index in [1.165, 1.54) is 0 Å². The molecule has 1 heterocycles. The van der Waals surface area contributed by atoms with Gasteiger partial charge in [-0.25, -0.2) is 4.98 Å². The van der Waals surface area contributed by atoms with Gasteiger partial charge in [0.2, 0.25) is 0 Å². The Labute approximate surface area is 79.8 Å². The highest BCUT2D eigenvalue weighted by atomic mass is 32.2. The molecule has 0 aliphatic rings. The summed E-state index contributed by atoms with van der Waals surface area (Å²) < 4.78 is 6.16. The van der Waals surface area contributed by atoms with Gasteiger partial charge in [-0.15, -0.1) is 11.3 Å². The van der Waals surface area contributed by atoms with Crippen molar-refractivity contribution in [1.82, 2.24) is 4.98 Å². The fraction of sp³-hybridized carbons (Fsp3) is 0.571. The number of aliphatic hydroxyl groups excluding tert-OH is 1. The molecule has 0 saturated heterocycles. The van der Waals surface area contributed by atoms with Crippen molar-refractivity contribution in [3.63, 3.8) is 0 Å². The van der Waals surface area contributed by atoms with Crippen LogP contribution in [0.5, 0.6) is 0 Å². The van der Waals surface area contributed by atoms with Crippen molar-refractivity contribution in [2.24, 2.45) is 0 Å². The third-order valence-electron chi connectivity index (χ3n) is 1.10. The van der Waals surface area contributed by atoms with Crippen LogP contribution in [0, 0.1) is 0 Å². The van der Waals surface area contributed by atoms with Crippen LogP contribution in [0.3, 0.4) is 0 Å². The van der Waals surface area contributed by atoms with Gasteiger partial charge in [0.15, 0.2) is 0 Å². The van der Waals surface area contributed by atoms with Crippen LogP contribution in [0.2, 0.25) is 0 Å². The summed E-state index contributed by atoms with van der Waals surface area (Å²) in [5, 5.41) is 10.4. The summed E-state index contributed by atoms with van der Waals surface area (Å²) in [6, 6.07) is 0. The van der Waals surface area contributed by atoms with Crippen molar-refractivity contribution < 1.29 is 9.84 Å². The van der Waals surface area contributed by atoms with Crippen LogP contribution in [0.15, 0.2) is 15.9 Å². The molecule has 0 fully saturated rings. The Hall–Kier alpha value is -0.100. The maximum absolute atomic E-state index is 8.41. The minimum atomic E-state index is 0.0991. The number of hydrogen-bond acceptors (Lipinski definition) is 5. The average Bonchev–Trinajstić information content (AvgIpc) is 2.57. The van der Waals surface area contributed by atoms with E-state index >= 15 is 0 Å². The zero-order valence-corrected chi connectivity index (χ0v) is 8.24. The normalized spacial score (nSPS) is 10.4. The first-order chi connectivity index (χ1) is 5.93. The van der Waals surface area contributed by atoms with Gasteiger partial charge in [0, 0.05) is 17.3 Å². The van der Waals surface area contributed by atoms with Gasteiger partial charge >= 0.3 is 0 Å². The molecular weight excluding hydrogens is 194 g/mol. The predicted molar refractivity (Wildman–Crippen MR) is 50.7 cm³/mol. The largest absolute Gasteiger partial charge is 0.394 e. The summed E-state index contributed by atoms with van der Waals surface area (Å²) in [6.07, 6.45) is 1.79. The summed E-state index contributed by atoms with van der Waals surface area (Å²) in [7, 11) is 0. The summed E-state index contributed by atoms with van der Waals surface area (Å²) in [5.41, 5.74) is 0. The Morgan fingerprint density at radius 2 is 2.50 bits per heavy atom. The van der Waals surface area contributed by atoms with Crippen molar-refractivity contribution in [1.29, 1.82) is 0 Å². The number of aliphatic hydroxyl groups is 1. The highest BCUT2D eigenvalue weighted by molar-refractivity contribution is 8.01. The molecule has 0 bridgehead atoms. The molecule has 5 heteroatoms. The van der Waals surface area contributed by atoms with Crippen LogP contribution in [-0.4, -0.2) is 35.7 Å². The number of rotatable bonds is 6. The Morgan fingerprint density at radius 3 is 3.17 bits per heavy atom. The first kappa shape index (κ1) is 9.98. The SMILES string of the molecule is OCCOCCSc1nccs1. The van der Waals surface area contributed by atoms with Crippen LogP contribution in [0.25, 0.3) is 0 Å². The second-order valence-corrected chi connectivity index (χ2v) is 4.22. The minimum absolute atomic E-state index is 0.0991. The predicted octanol–water partition coefficient (Wildman–Crippen LogP) is 1.24. The van der Waals surface area contributed by atoms with E-state index in [9.17, 15) is 0 Å². The standard InChI is InChI=1S/C7H11NO2S2/c9-2-3-10-4-6-12-7-8-1-5-11-7/h1,5,9H,2-4,6H2. The zero-order chi connectivity index (χ0) is 8.65. The van der Waals surface area contributed by atoms with Gasteiger partial charge in [-0.2, -0.15) is 0 Å². The van der Waals surface area contributed by atoms with Crippen LogP contribution < -0.4 is 0 Å². The topological polar surface area (TPSA) is 42.4 Å². The van der Waals surface area contributed by atoms with Crippen LogP contribution in [0.4, 0.5) is 0 Å². The van der Waals surface area contributed by atoms with Gasteiger partial charge in [-0.3, -0.25) is 0 Å². The number of aromatic nitrogens is 1. The zero-order valence-electron chi connectivity index (χ0n) is 6.60. The number of nitrogens with zero attached hydrogens (tertiary/aromatic N) is 1. The van der Waals surface area contributed by atoms with E-state index in [1.54, 1.807) is 29.3 Å². The van der Waals surface area contributed by atoms with Gasteiger partial charge in [0.25, 0.3) is 0 Å². The molecule has 0 unspecified atom stereocenters. The van der Waals surface area contributed by atoms with Crippen molar-refractivity contribution in [2.75, 3.05) is 25.6 Å². The lowest BCUT2D eigenvalue weighted by Crippen LogP contribution is -2.02. The highest BCUT2D eigenvalue weighted by Crippen LogP contribution is 2.19. The molecular formula is C7H11NO2S2. The molecule has 0 radical (unpaired) electrons. The Balaban J connectivity index is 1.96. The third kappa shape index (κ3) is 4.06. The van der Waals surface area contributed by atoms with Gasteiger partial charge in [0.1, 0.15) is 4.34 Å². The minimum Gasteiger partial charge on any atom is -0.394 e. The fourth-order valence-electron chi connectivity index (χ4n) is 0.636. The summed E-state index contributed by atoms with van der Waals surface area (Å²) in [5.74, 6) is 0.896. The van der Waals surface area contributed by atoms with Crippen molar-refractivity contribution in [3.8, 4) is 0 Å². The number of hydrogen-bond donors (Lipinski definition) is 1. The third-order valence-corrected chi connectivity index (χ3v) is 3.03. The van der Waals surface area contributed by atoms with E-state index in [-0.39, 0.29) is 6.61 Å². The Morgan fingerprint density at radius 1 is 1.58 bits per heavy atom. The average molecular weight is 205 g/mol. The molecule has 68 valence electrons. The van der Waals surface area contributed by atoms with E-state index in [0.717, 1.165) is 10.1 Å². The number of ether oxygens (including phenoxy) is 1. The maximum atomic E-state index is 8.41. The van der Waals surface area contributed by atoms with E-state index in [1.807, 2.05) is 5.38 Å². The molecule has 1 aromatic rings. The van der Waals surface area contributed by atoms with E-state index in [4.69, 9.17) is 9.84 Å². The molecule has 0 amide bonds. The molecule has 1 N–H and O–H groups in total. The summed E-state index contributed by atoms with van der Waals surface area (Å²) in [4.78, 5) is 4.11. The lowest BCUT2D eigenvalue weighted by atomic mass is 10.7. The first-order valence-electron chi connectivity index (χ1n) is 3.64. The molecule has 0 atom stereocenters. The monoisotopic (exact) mass is 205 g/mol. The van der Waals surface area contributed by atoms with Crippen molar-refractivity contribution in [2.45, 2.75) is 4.34 Å². The van der Waals surface area contributed by atoms with Gasteiger partial charge in [-0.05, 0) is 0 Å². The van der Waals surface area contributed by atoms with Crippen LogP contribution in [0.1, 0.15) is 0 Å². The van der Waals surface area contributed by atoms with E-state index in [0.29, 0.717) is 13.2 Å². The van der Waals surface area contributed by atoms with E-state index in [2.05, 4.69) is 4.98 Å². The fourth-order valence-corrected chi connectivity index (χ4v) is 2.20. The molecule has 0 aliphatic heterocycles. The molecule has 0 aliphatic carbocycles. The molecule has 1 aromatic heterocycles. The molecule has 0 aromatic carbocycles. The lowest BCUT2D eigenvalue weighted by Gasteiger charge is -1.99.